The number of carbonyl (C=O) groups is 1. The maximum atomic E-state index is 13.0. The summed E-state index contributed by atoms with van der Waals surface area (Å²) in [5.74, 6) is 0.214. The molecule has 0 saturated heterocycles. The average Bonchev–Trinajstić information content (AvgIpc) is 2.68. The van der Waals surface area contributed by atoms with Crippen molar-refractivity contribution in [2.45, 2.75) is 13.1 Å². The average molecular weight is 333 g/mol. The fraction of sp³-hybridized carbons (Fsp3) is 0.150. The fourth-order valence-electron chi connectivity index (χ4n) is 2.54. The van der Waals surface area contributed by atoms with E-state index >= 15 is 0 Å². The Kier molecular flexibility index (Phi) is 5.36. The zero-order valence-corrected chi connectivity index (χ0v) is 14.0. The highest BCUT2D eigenvalue weighted by Gasteiger charge is 2.19. The molecule has 0 unspecified atom stereocenters. The van der Waals surface area contributed by atoms with Gasteiger partial charge in [-0.2, -0.15) is 0 Å². The predicted molar refractivity (Wildman–Crippen MR) is 95.0 cm³/mol. The third kappa shape index (κ3) is 4.41. The van der Waals surface area contributed by atoms with Gasteiger partial charge in [-0.05, 0) is 11.1 Å². The Balaban J connectivity index is 1.87. The first-order valence-electron chi connectivity index (χ1n) is 7.99. The summed E-state index contributed by atoms with van der Waals surface area (Å²) < 4.78 is 5.10. The first-order valence-corrected chi connectivity index (χ1v) is 7.99. The molecule has 0 spiro atoms. The number of benzene rings is 2. The summed E-state index contributed by atoms with van der Waals surface area (Å²) >= 11 is 0. The number of amides is 1. The molecule has 5 nitrogen and oxygen atoms in total. The van der Waals surface area contributed by atoms with E-state index in [9.17, 15) is 4.79 Å². The van der Waals surface area contributed by atoms with Crippen LogP contribution in [0.2, 0.25) is 0 Å². The number of ether oxygens (including phenoxy) is 1. The second-order valence-corrected chi connectivity index (χ2v) is 5.58. The molecule has 0 fully saturated rings. The van der Waals surface area contributed by atoms with Crippen LogP contribution in [-0.2, 0) is 13.1 Å². The molecule has 25 heavy (non-hydrogen) atoms. The SMILES string of the molecule is COc1cc(C(=O)N(Cc2ccccc2)Cc2ccccc2)ncn1. The van der Waals surface area contributed by atoms with E-state index in [2.05, 4.69) is 9.97 Å². The quantitative estimate of drug-likeness (QED) is 0.694. The summed E-state index contributed by atoms with van der Waals surface area (Å²) in [6, 6.07) is 21.4. The number of nitrogens with zero attached hydrogens (tertiary/aromatic N) is 3. The lowest BCUT2D eigenvalue weighted by atomic mass is 10.1. The molecule has 3 aromatic rings. The molecular weight excluding hydrogens is 314 g/mol. The van der Waals surface area contributed by atoms with Gasteiger partial charge in [0.05, 0.1) is 7.11 Å². The molecule has 3 rings (SSSR count). The molecule has 1 aromatic heterocycles. The van der Waals surface area contributed by atoms with Crippen LogP contribution in [-0.4, -0.2) is 27.9 Å². The van der Waals surface area contributed by atoms with Crippen LogP contribution >= 0.6 is 0 Å². The van der Waals surface area contributed by atoms with Crippen LogP contribution in [0.15, 0.2) is 73.1 Å². The van der Waals surface area contributed by atoms with E-state index in [0.29, 0.717) is 24.7 Å². The molecule has 1 heterocycles. The fourth-order valence-corrected chi connectivity index (χ4v) is 2.54. The Hall–Kier alpha value is -3.21. The van der Waals surface area contributed by atoms with E-state index in [0.717, 1.165) is 11.1 Å². The van der Waals surface area contributed by atoms with E-state index in [4.69, 9.17) is 4.74 Å². The smallest absolute Gasteiger partial charge is 0.273 e. The minimum atomic E-state index is -0.159. The molecule has 0 N–H and O–H groups in total. The van der Waals surface area contributed by atoms with Gasteiger partial charge < -0.3 is 9.64 Å². The van der Waals surface area contributed by atoms with Crippen LogP contribution in [0, 0.1) is 0 Å². The van der Waals surface area contributed by atoms with Crippen molar-refractivity contribution in [1.82, 2.24) is 14.9 Å². The first kappa shape index (κ1) is 16.6. The highest BCUT2D eigenvalue weighted by atomic mass is 16.5. The molecule has 0 bridgehead atoms. The lowest BCUT2D eigenvalue weighted by Crippen LogP contribution is -2.30. The van der Waals surface area contributed by atoms with Gasteiger partial charge in [0.1, 0.15) is 12.0 Å². The summed E-state index contributed by atoms with van der Waals surface area (Å²) in [6.45, 7) is 1.00. The van der Waals surface area contributed by atoms with Crippen LogP contribution in [0.3, 0.4) is 0 Å². The van der Waals surface area contributed by atoms with Crippen LogP contribution < -0.4 is 4.74 Å². The number of methoxy groups -OCH3 is 1. The second kappa shape index (κ2) is 8.06. The van der Waals surface area contributed by atoms with E-state index in [1.807, 2.05) is 60.7 Å². The molecule has 5 heteroatoms. The van der Waals surface area contributed by atoms with Crippen molar-refractivity contribution < 1.29 is 9.53 Å². The Morgan fingerprint density at radius 2 is 1.48 bits per heavy atom. The van der Waals surface area contributed by atoms with Gasteiger partial charge in [-0.3, -0.25) is 4.79 Å². The first-order chi connectivity index (χ1) is 12.3. The third-order valence-corrected chi connectivity index (χ3v) is 3.79. The summed E-state index contributed by atoms with van der Waals surface area (Å²) in [7, 11) is 1.52. The Labute approximate surface area is 146 Å². The lowest BCUT2D eigenvalue weighted by molar-refractivity contribution is 0.0723. The van der Waals surface area contributed by atoms with Crippen LogP contribution in [0.5, 0.6) is 5.88 Å². The van der Waals surface area contributed by atoms with Crippen LogP contribution in [0.1, 0.15) is 21.6 Å². The van der Waals surface area contributed by atoms with Gasteiger partial charge in [0.25, 0.3) is 5.91 Å². The van der Waals surface area contributed by atoms with Crippen molar-refractivity contribution in [3.8, 4) is 5.88 Å². The maximum absolute atomic E-state index is 13.0. The lowest BCUT2D eigenvalue weighted by Gasteiger charge is -2.23. The van der Waals surface area contributed by atoms with E-state index in [1.54, 1.807) is 11.0 Å². The zero-order valence-electron chi connectivity index (χ0n) is 14.0. The van der Waals surface area contributed by atoms with Crippen molar-refractivity contribution in [1.29, 1.82) is 0 Å². The van der Waals surface area contributed by atoms with E-state index in [-0.39, 0.29) is 5.91 Å². The molecule has 126 valence electrons. The topological polar surface area (TPSA) is 55.3 Å². The zero-order chi connectivity index (χ0) is 17.5. The van der Waals surface area contributed by atoms with Gasteiger partial charge in [0.15, 0.2) is 0 Å². The van der Waals surface area contributed by atoms with Gasteiger partial charge >= 0.3 is 0 Å². The largest absolute Gasteiger partial charge is 0.481 e. The molecule has 1 amide bonds. The van der Waals surface area contributed by atoms with E-state index < -0.39 is 0 Å². The second-order valence-electron chi connectivity index (χ2n) is 5.58. The number of rotatable bonds is 6. The Bertz CT molecular complexity index is 781. The summed E-state index contributed by atoms with van der Waals surface area (Å²) in [5.41, 5.74) is 2.44. The minimum absolute atomic E-state index is 0.159. The van der Waals surface area contributed by atoms with Gasteiger partial charge in [-0.25, -0.2) is 9.97 Å². The van der Waals surface area contributed by atoms with Crippen LogP contribution in [0.4, 0.5) is 0 Å². The number of hydrogen-bond donors (Lipinski definition) is 0. The Morgan fingerprint density at radius 3 is 2.00 bits per heavy atom. The summed E-state index contributed by atoms with van der Waals surface area (Å²) in [4.78, 5) is 22.8. The van der Waals surface area contributed by atoms with Crippen molar-refractivity contribution in [3.63, 3.8) is 0 Å². The monoisotopic (exact) mass is 333 g/mol. The maximum Gasteiger partial charge on any atom is 0.273 e. The standard InChI is InChI=1S/C20H19N3O2/c1-25-19-12-18(21-15-22-19)20(24)23(13-16-8-4-2-5-9-16)14-17-10-6-3-7-11-17/h2-12,15H,13-14H2,1H3. The normalized spacial score (nSPS) is 10.3. The predicted octanol–water partition coefficient (Wildman–Crippen LogP) is 3.33. The number of hydrogen-bond acceptors (Lipinski definition) is 4. The molecule has 2 aromatic carbocycles. The highest BCUT2D eigenvalue weighted by molar-refractivity contribution is 5.92. The van der Waals surface area contributed by atoms with Crippen molar-refractivity contribution >= 4 is 5.91 Å². The Morgan fingerprint density at radius 1 is 0.920 bits per heavy atom. The van der Waals surface area contributed by atoms with Gasteiger partial charge in [0.2, 0.25) is 5.88 Å². The van der Waals surface area contributed by atoms with Gasteiger partial charge in [-0.1, -0.05) is 60.7 Å². The highest BCUT2D eigenvalue weighted by Crippen LogP contribution is 2.15. The molecule has 0 aliphatic rings. The molecule has 0 radical (unpaired) electrons. The third-order valence-electron chi connectivity index (χ3n) is 3.79. The summed E-state index contributed by atoms with van der Waals surface area (Å²) in [6.07, 6.45) is 1.34. The molecule has 0 aliphatic carbocycles. The number of carbonyl (C=O) groups excluding carboxylic acids is 1. The molecule has 0 aliphatic heterocycles. The van der Waals surface area contributed by atoms with Gasteiger partial charge in [-0.15, -0.1) is 0 Å². The van der Waals surface area contributed by atoms with Crippen molar-refractivity contribution in [2.24, 2.45) is 0 Å². The molecule has 0 saturated carbocycles. The summed E-state index contributed by atoms with van der Waals surface area (Å²) in [5, 5.41) is 0. The number of aromatic nitrogens is 2. The van der Waals surface area contributed by atoms with E-state index in [1.165, 1.54) is 13.4 Å². The van der Waals surface area contributed by atoms with Crippen LogP contribution in [0.25, 0.3) is 0 Å². The van der Waals surface area contributed by atoms with Crippen molar-refractivity contribution in [2.75, 3.05) is 7.11 Å². The van der Waals surface area contributed by atoms with Gasteiger partial charge in [0, 0.05) is 19.2 Å². The molecule has 0 atom stereocenters. The molecular formula is C20H19N3O2. The minimum Gasteiger partial charge on any atom is -0.481 e. The van der Waals surface area contributed by atoms with Crippen molar-refractivity contribution in [3.05, 3.63) is 89.9 Å².